The Balaban J connectivity index is 1.69. The van der Waals surface area contributed by atoms with E-state index in [1.165, 1.54) is 12.1 Å². The number of alkyl halides is 3. The van der Waals surface area contributed by atoms with Crippen LogP contribution in [0.15, 0.2) is 41.4 Å². The fourth-order valence-electron chi connectivity index (χ4n) is 1.93. The van der Waals surface area contributed by atoms with Crippen LogP contribution in [-0.2, 0) is 11.0 Å². The summed E-state index contributed by atoms with van der Waals surface area (Å²) in [5.74, 6) is -1.59. The monoisotopic (exact) mass is 387 g/mol. The van der Waals surface area contributed by atoms with Crippen LogP contribution >= 0.6 is 23.4 Å². The molecule has 1 N–H and O–H groups in total. The number of nitrogens with one attached hydrogen (secondary N) is 1. The van der Waals surface area contributed by atoms with Gasteiger partial charge < -0.3 is 5.32 Å². The highest BCUT2D eigenvalue weighted by Gasteiger charge is 2.37. The number of hydrogen-bond donors (Lipinski definition) is 1. The highest BCUT2D eigenvalue weighted by Crippen LogP contribution is 2.28. The van der Waals surface area contributed by atoms with Crippen LogP contribution in [0.5, 0.6) is 0 Å². The molecular weight excluding hydrogens is 379 g/mol. The lowest BCUT2D eigenvalue weighted by atomic mass is 10.3. The van der Waals surface area contributed by atoms with Crippen LogP contribution in [0.1, 0.15) is 5.82 Å². The summed E-state index contributed by atoms with van der Waals surface area (Å²) in [5.41, 5.74) is 0.500. The van der Waals surface area contributed by atoms with Gasteiger partial charge in [0.15, 0.2) is 5.65 Å². The highest BCUT2D eigenvalue weighted by molar-refractivity contribution is 7.99. The first kappa shape index (κ1) is 17.5. The summed E-state index contributed by atoms with van der Waals surface area (Å²) in [5, 5.41) is 13.7. The molecule has 11 heteroatoms. The maximum absolute atomic E-state index is 12.8. The number of amides is 1. The van der Waals surface area contributed by atoms with Crippen molar-refractivity contribution < 1.29 is 18.0 Å². The van der Waals surface area contributed by atoms with E-state index in [0.717, 1.165) is 11.8 Å². The van der Waals surface area contributed by atoms with Crippen LogP contribution in [0.2, 0.25) is 5.02 Å². The SMILES string of the molecule is O=C(CSc1ccc2nnc(C(F)(F)F)n2n1)Nc1cccc(Cl)c1. The lowest BCUT2D eigenvalue weighted by molar-refractivity contribution is -0.146. The van der Waals surface area contributed by atoms with Gasteiger partial charge in [-0.25, -0.2) is 0 Å². The molecule has 1 amide bonds. The van der Waals surface area contributed by atoms with Crippen LogP contribution in [0.3, 0.4) is 0 Å². The number of thioether (sulfide) groups is 1. The van der Waals surface area contributed by atoms with Crippen molar-refractivity contribution in [2.24, 2.45) is 0 Å². The number of halogens is 4. The van der Waals surface area contributed by atoms with Crippen molar-refractivity contribution in [1.82, 2.24) is 19.8 Å². The number of aromatic nitrogens is 4. The molecule has 130 valence electrons. The number of nitrogens with zero attached hydrogens (tertiary/aromatic N) is 4. The predicted octanol–water partition coefficient (Wildman–Crippen LogP) is 3.53. The van der Waals surface area contributed by atoms with Crippen molar-refractivity contribution in [1.29, 1.82) is 0 Å². The molecule has 0 fully saturated rings. The van der Waals surface area contributed by atoms with Gasteiger partial charge in [0, 0.05) is 10.7 Å². The second-order valence-electron chi connectivity index (χ2n) is 4.81. The fourth-order valence-corrected chi connectivity index (χ4v) is 2.77. The van der Waals surface area contributed by atoms with Crippen molar-refractivity contribution in [2.75, 3.05) is 11.1 Å². The summed E-state index contributed by atoms with van der Waals surface area (Å²) in [4.78, 5) is 11.9. The van der Waals surface area contributed by atoms with Gasteiger partial charge in [-0.3, -0.25) is 4.79 Å². The van der Waals surface area contributed by atoms with Crippen molar-refractivity contribution in [3.63, 3.8) is 0 Å². The van der Waals surface area contributed by atoms with Crippen molar-refractivity contribution in [2.45, 2.75) is 11.2 Å². The second-order valence-corrected chi connectivity index (χ2v) is 6.24. The molecule has 3 rings (SSSR count). The third-order valence-corrected chi connectivity index (χ3v) is 4.11. The summed E-state index contributed by atoms with van der Waals surface area (Å²) in [6.07, 6.45) is -4.67. The zero-order valence-electron chi connectivity index (χ0n) is 12.3. The highest BCUT2D eigenvalue weighted by atomic mass is 35.5. The van der Waals surface area contributed by atoms with Gasteiger partial charge >= 0.3 is 6.18 Å². The van der Waals surface area contributed by atoms with Crippen LogP contribution in [0, 0.1) is 0 Å². The molecule has 1 aromatic carbocycles. The molecule has 3 aromatic rings. The molecule has 0 unspecified atom stereocenters. The minimum atomic E-state index is -4.67. The summed E-state index contributed by atoms with van der Waals surface area (Å²) in [7, 11) is 0. The number of rotatable bonds is 4. The molecule has 0 bridgehead atoms. The van der Waals surface area contributed by atoms with E-state index in [1.54, 1.807) is 24.3 Å². The number of hydrogen-bond acceptors (Lipinski definition) is 5. The van der Waals surface area contributed by atoms with Gasteiger partial charge in [-0.1, -0.05) is 29.4 Å². The van der Waals surface area contributed by atoms with Gasteiger partial charge in [-0.2, -0.15) is 22.8 Å². The number of fused-ring (bicyclic) bond motifs is 1. The molecular formula is C14H9ClF3N5OS. The summed E-state index contributed by atoms with van der Waals surface area (Å²) < 4.78 is 39.1. The van der Waals surface area contributed by atoms with E-state index in [9.17, 15) is 18.0 Å². The minimum Gasteiger partial charge on any atom is -0.325 e. The topological polar surface area (TPSA) is 72.2 Å². The number of carbonyl (C=O) groups is 1. The van der Waals surface area contributed by atoms with Crippen LogP contribution in [0.25, 0.3) is 5.65 Å². The molecule has 0 saturated heterocycles. The van der Waals surface area contributed by atoms with Gasteiger partial charge in [0.1, 0.15) is 5.03 Å². The third kappa shape index (κ3) is 4.20. The zero-order valence-corrected chi connectivity index (χ0v) is 13.9. The molecule has 0 aliphatic carbocycles. The van der Waals surface area contributed by atoms with Gasteiger partial charge in [0.25, 0.3) is 5.82 Å². The third-order valence-electron chi connectivity index (χ3n) is 2.95. The normalized spacial score (nSPS) is 11.7. The van der Waals surface area contributed by atoms with Crippen molar-refractivity contribution in [3.8, 4) is 0 Å². The smallest absolute Gasteiger partial charge is 0.325 e. The van der Waals surface area contributed by atoms with Crippen LogP contribution in [0.4, 0.5) is 18.9 Å². The van der Waals surface area contributed by atoms with E-state index >= 15 is 0 Å². The lowest BCUT2D eigenvalue weighted by Gasteiger charge is -2.06. The van der Waals surface area contributed by atoms with E-state index in [1.807, 2.05) is 0 Å². The van der Waals surface area contributed by atoms with Gasteiger partial charge in [0.05, 0.1) is 5.75 Å². The maximum atomic E-state index is 12.8. The number of carbonyl (C=O) groups excluding carboxylic acids is 1. The number of anilines is 1. The average Bonchev–Trinajstić information content (AvgIpc) is 2.96. The molecule has 0 atom stereocenters. The summed E-state index contributed by atoms with van der Waals surface area (Å²) >= 11 is 6.81. The van der Waals surface area contributed by atoms with E-state index in [2.05, 4.69) is 20.6 Å². The Labute approximate surface area is 148 Å². The molecule has 6 nitrogen and oxygen atoms in total. The quantitative estimate of drug-likeness (QED) is 0.693. The Morgan fingerprint density at radius 1 is 1.24 bits per heavy atom. The minimum absolute atomic E-state index is 0.0277. The van der Waals surface area contributed by atoms with E-state index in [-0.39, 0.29) is 22.3 Å². The molecule has 25 heavy (non-hydrogen) atoms. The van der Waals surface area contributed by atoms with Gasteiger partial charge in [-0.15, -0.1) is 10.2 Å². The molecule has 0 saturated carbocycles. The molecule has 0 aliphatic heterocycles. The average molecular weight is 388 g/mol. The zero-order chi connectivity index (χ0) is 18.0. The lowest BCUT2D eigenvalue weighted by Crippen LogP contribution is -2.15. The van der Waals surface area contributed by atoms with Crippen molar-refractivity contribution in [3.05, 3.63) is 47.2 Å². The molecule has 2 heterocycles. The Bertz CT molecular complexity index is 930. The van der Waals surface area contributed by atoms with E-state index in [4.69, 9.17) is 11.6 Å². The van der Waals surface area contributed by atoms with Gasteiger partial charge in [0.2, 0.25) is 5.91 Å². The maximum Gasteiger partial charge on any atom is 0.453 e. The Morgan fingerprint density at radius 3 is 2.76 bits per heavy atom. The first-order valence-corrected chi connectivity index (χ1v) is 8.17. The van der Waals surface area contributed by atoms with Crippen molar-refractivity contribution >= 4 is 40.6 Å². The van der Waals surface area contributed by atoms with Crippen LogP contribution < -0.4 is 5.32 Å². The first-order chi connectivity index (χ1) is 11.8. The first-order valence-electron chi connectivity index (χ1n) is 6.81. The van der Waals surface area contributed by atoms with Crippen LogP contribution in [-0.4, -0.2) is 31.5 Å². The Morgan fingerprint density at radius 2 is 2.04 bits per heavy atom. The molecule has 2 aromatic heterocycles. The van der Waals surface area contributed by atoms with E-state index < -0.39 is 12.0 Å². The standard InChI is InChI=1S/C14H9ClF3N5OS/c15-8-2-1-3-9(6-8)19-11(24)7-25-12-5-4-10-20-21-13(14(16,17)18)23(10)22-12/h1-6H,7H2,(H,19,24). The Hall–Kier alpha value is -2.33. The largest absolute Gasteiger partial charge is 0.453 e. The number of benzene rings is 1. The second kappa shape index (κ2) is 6.89. The Kier molecular flexibility index (Phi) is 4.82. The molecule has 0 radical (unpaired) electrons. The van der Waals surface area contributed by atoms with E-state index in [0.29, 0.717) is 15.2 Å². The summed E-state index contributed by atoms with van der Waals surface area (Å²) in [6.45, 7) is 0. The van der Waals surface area contributed by atoms with Gasteiger partial charge in [-0.05, 0) is 30.3 Å². The predicted molar refractivity (Wildman–Crippen MR) is 86.6 cm³/mol. The molecule has 0 aliphatic rings. The molecule has 0 spiro atoms. The fraction of sp³-hybridized carbons (Fsp3) is 0.143. The summed E-state index contributed by atoms with van der Waals surface area (Å²) in [6, 6.07) is 9.44.